The maximum Gasteiger partial charge on any atom is 0.315 e. The summed E-state index contributed by atoms with van der Waals surface area (Å²) in [5.41, 5.74) is 1.56. The molecule has 0 aliphatic carbocycles. The minimum atomic E-state index is -0.422. The van der Waals surface area contributed by atoms with Crippen LogP contribution in [0, 0.1) is 5.82 Å². The van der Waals surface area contributed by atoms with Crippen LogP contribution in [0.3, 0.4) is 0 Å². The molecule has 2 heterocycles. The second kappa shape index (κ2) is 7.36. The largest absolute Gasteiger partial charge is 0.463 e. The van der Waals surface area contributed by atoms with E-state index in [2.05, 4.69) is 20.6 Å². The van der Waals surface area contributed by atoms with Gasteiger partial charge in [0.15, 0.2) is 5.76 Å². The average molecular weight is 326 g/mol. The van der Waals surface area contributed by atoms with Crippen LogP contribution in [0.15, 0.2) is 59.5 Å². The summed E-state index contributed by atoms with van der Waals surface area (Å²) in [7, 11) is 0. The molecular formula is C17H15FN4O2. The molecule has 0 aliphatic heterocycles. The number of benzene rings is 1. The molecule has 7 heteroatoms. The van der Waals surface area contributed by atoms with Crippen molar-refractivity contribution in [3.8, 4) is 11.5 Å². The molecule has 0 unspecified atom stereocenters. The fraction of sp³-hybridized carbons (Fsp3) is 0.118. The van der Waals surface area contributed by atoms with Crippen LogP contribution in [0.25, 0.3) is 11.5 Å². The van der Waals surface area contributed by atoms with Gasteiger partial charge < -0.3 is 15.1 Å². The van der Waals surface area contributed by atoms with Gasteiger partial charge in [-0.05, 0) is 18.2 Å². The van der Waals surface area contributed by atoms with Gasteiger partial charge in [0.1, 0.15) is 11.5 Å². The van der Waals surface area contributed by atoms with E-state index in [0.29, 0.717) is 22.7 Å². The Bertz CT molecular complexity index is 821. The first-order chi connectivity index (χ1) is 11.7. The number of aromatic nitrogens is 2. The van der Waals surface area contributed by atoms with Crippen LogP contribution in [0.1, 0.15) is 11.3 Å². The Morgan fingerprint density at radius 3 is 2.62 bits per heavy atom. The van der Waals surface area contributed by atoms with Gasteiger partial charge in [0.2, 0.25) is 0 Å². The summed E-state index contributed by atoms with van der Waals surface area (Å²) < 4.78 is 18.8. The minimum Gasteiger partial charge on any atom is -0.463 e. The van der Waals surface area contributed by atoms with Gasteiger partial charge in [-0.2, -0.15) is 0 Å². The Balaban J connectivity index is 1.58. The molecule has 3 rings (SSSR count). The molecule has 0 bridgehead atoms. The lowest BCUT2D eigenvalue weighted by Crippen LogP contribution is -2.35. The molecule has 0 aliphatic rings. The Hall–Kier alpha value is -3.22. The van der Waals surface area contributed by atoms with Crippen molar-refractivity contribution in [1.29, 1.82) is 0 Å². The van der Waals surface area contributed by atoms with E-state index in [1.807, 2.05) is 0 Å². The van der Waals surface area contributed by atoms with Crippen LogP contribution >= 0.6 is 0 Å². The number of nitrogens with zero attached hydrogens (tertiary/aromatic N) is 2. The minimum absolute atomic E-state index is 0.101. The number of nitrogens with one attached hydrogen (secondary N) is 2. The van der Waals surface area contributed by atoms with Crippen molar-refractivity contribution < 1.29 is 13.6 Å². The summed E-state index contributed by atoms with van der Waals surface area (Å²) >= 11 is 0. The Morgan fingerprint density at radius 1 is 1.04 bits per heavy atom. The predicted octanol–water partition coefficient (Wildman–Crippen LogP) is 2.88. The number of carbonyl (C=O) groups is 1. The van der Waals surface area contributed by atoms with Crippen molar-refractivity contribution in [2.45, 2.75) is 13.1 Å². The molecule has 3 aromatic rings. The van der Waals surface area contributed by atoms with E-state index in [-0.39, 0.29) is 18.9 Å². The van der Waals surface area contributed by atoms with E-state index in [1.54, 1.807) is 49.0 Å². The third-order valence-electron chi connectivity index (χ3n) is 3.34. The van der Waals surface area contributed by atoms with Crippen molar-refractivity contribution >= 4 is 6.03 Å². The zero-order valence-electron chi connectivity index (χ0n) is 12.7. The second-order valence-corrected chi connectivity index (χ2v) is 4.96. The lowest BCUT2D eigenvalue weighted by molar-refractivity contribution is 0.240. The summed E-state index contributed by atoms with van der Waals surface area (Å²) in [5, 5.41) is 5.28. The molecule has 1 aromatic carbocycles. The van der Waals surface area contributed by atoms with Crippen molar-refractivity contribution in [1.82, 2.24) is 20.6 Å². The van der Waals surface area contributed by atoms with E-state index in [1.165, 1.54) is 6.07 Å². The Kier molecular flexibility index (Phi) is 4.81. The SMILES string of the molecule is O=C(NCc1ccccc1F)NCc1nccnc1-c1ccco1. The standard InChI is InChI=1S/C17H15FN4O2/c18-13-5-2-1-4-12(13)10-21-17(23)22-11-14-16(20-8-7-19-14)15-6-3-9-24-15/h1-9H,10-11H2,(H2,21,22,23). The van der Waals surface area contributed by atoms with Crippen LogP contribution in [-0.4, -0.2) is 16.0 Å². The Labute approximate surface area is 137 Å². The number of hydrogen-bond acceptors (Lipinski definition) is 4. The zero-order valence-corrected chi connectivity index (χ0v) is 12.7. The van der Waals surface area contributed by atoms with E-state index in [4.69, 9.17) is 4.42 Å². The van der Waals surface area contributed by atoms with Crippen molar-refractivity contribution in [2.75, 3.05) is 0 Å². The van der Waals surface area contributed by atoms with Gasteiger partial charge in [0.05, 0.1) is 18.5 Å². The number of furan rings is 1. The molecule has 0 atom stereocenters. The molecule has 0 saturated heterocycles. The second-order valence-electron chi connectivity index (χ2n) is 4.96. The molecule has 2 aromatic heterocycles. The number of hydrogen-bond donors (Lipinski definition) is 2. The van der Waals surface area contributed by atoms with Gasteiger partial charge in [-0.25, -0.2) is 14.2 Å². The number of carbonyl (C=O) groups excluding carboxylic acids is 1. The van der Waals surface area contributed by atoms with E-state index < -0.39 is 6.03 Å². The van der Waals surface area contributed by atoms with Crippen molar-refractivity contribution in [3.05, 3.63) is 72.1 Å². The number of amides is 2. The highest BCUT2D eigenvalue weighted by Crippen LogP contribution is 2.19. The van der Waals surface area contributed by atoms with Crippen LogP contribution in [-0.2, 0) is 13.1 Å². The van der Waals surface area contributed by atoms with E-state index in [9.17, 15) is 9.18 Å². The highest BCUT2D eigenvalue weighted by molar-refractivity contribution is 5.74. The molecule has 0 radical (unpaired) electrons. The molecular weight excluding hydrogens is 311 g/mol. The maximum atomic E-state index is 13.5. The van der Waals surface area contributed by atoms with Gasteiger partial charge in [0.25, 0.3) is 0 Å². The quantitative estimate of drug-likeness (QED) is 0.755. The molecule has 6 nitrogen and oxygen atoms in total. The highest BCUT2D eigenvalue weighted by Gasteiger charge is 2.11. The number of halogens is 1. The van der Waals surface area contributed by atoms with Crippen LogP contribution in [0.5, 0.6) is 0 Å². The van der Waals surface area contributed by atoms with Crippen LogP contribution in [0.4, 0.5) is 9.18 Å². The fourth-order valence-corrected chi connectivity index (χ4v) is 2.16. The topological polar surface area (TPSA) is 80.0 Å². The summed E-state index contributed by atoms with van der Waals surface area (Å²) in [6.45, 7) is 0.275. The third-order valence-corrected chi connectivity index (χ3v) is 3.34. The molecule has 0 fully saturated rings. The third kappa shape index (κ3) is 3.75. The van der Waals surface area contributed by atoms with E-state index >= 15 is 0 Å². The first-order valence-corrected chi connectivity index (χ1v) is 7.33. The van der Waals surface area contributed by atoms with Crippen LogP contribution < -0.4 is 10.6 Å². The van der Waals surface area contributed by atoms with Crippen molar-refractivity contribution in [2.24, 2.45) is 0 Å². The number of urea groups is 1. The smallest absolute Gasteiger partial charge is 0.315 e. The molecule has 0 spiro atoms. The highest BCUT2D eigenvalue weighted by atomic mass is 19.1. The molecule has 122 valence electrons. The zero-order chi connectivity index (χ0) is 16.8. The van der Waals surface area contributed by atoms with Gasteiger partial charge in [-0.3, -0.25) is 4.98 Å². The molecule has 2 N–H and O–H groups in total. The molecule has 2 amide bonds. The van der Waals surface area contributed by atoms with Gasteiger partial charge >= 0.3 is 6.03 Å². The summed E-state index contributed by atoms with van der Waals surface area (Å²) in [4.78, 5) is 20.3. The fourth-order valence-electron chi connectivity index (χ4n) is 2.16. The van der Waals surface area contributed by atoms with Crippen LogP contribution in [0.2, 0.25) is 0 Å². The normalized spacial score (nSPS) is 10.4. The Morgan fingerprint density at radius 2 is 1.83 bits per heavy atom. The summed E-state index contributed by atoms with van der Waals surface area (Å²) in [6, 6.07) is 9.39. The molecule has 0 saturated carbocycles. The summed E-state index contributed by atoms with van der Waals surface area (Å²) in [5.74, 6) is 0.221. The first kappa shape index (κ1) is 15.7. The molecule has 24 heavy (non-hydrogen) atoms. The van der Waals surface area contributed by atoms with Gasteiger partial charge in [-0.1, -0.05) is 18.2 Å². The first-order valence-electron chi connectivity index (χ1n) is 7.33. The van der Waals surface area contributed by atoms with E-state index in [0.717, 1.165) is 0 Å². The van der Waals surface area contributed by atoms with Gasteiger partial charge in [-0.15, -0.1) is 0 Å². The van der Waals surface area contributed by atoms with Crippen molar-refractivity contribution in [3.63, 3.8) is 0 Å². The number of rotatable bonds is 5. The van der Waals surface area contributed by atoms with Gasteiger partial charge in [0, 0.05) is 24.5 Å². The average Bonchev–Trinajstić information content (AvgIpc) is 3.14. The lowest BCUT2D eigenvalue weighted by Gasteiger charge is -2.09. The summed E-state index contributed by atoms with van der Waals surface area (Å²) in [6.07, 6.45) is 4.64. The predicted molar refractivity (Wildman–Crippen MR) is 85.2 cm³/mol. The maximum absolute atomic E-state index is 13.5. The lowest BCUT2D eigenvalue weighted by atomic mass is 10.2. The monoisotopic (exact) mass is 326 g/mol.